The molecule has 0 bridgehead atoms. The Labute approximate surface area is 131 Å². The summed E-state index contributed by atoms with van der Waals surface area (Å²) in [6, 6.07) is 7.94. The van der Waals surface area contributed by atoms with Crippen molar-refractivity contribution >= 4 is 0 Å². The largest absolute Gasteiger partial charge is 0.392 e. The third kappa shape index (κ3) is 3.70. The zero-order chi connectivity index (χ0) is 15.2. The van der Waals surface area contributed by atoms with Crippen molar-refractivity contribution in [3.8, 4) is 11.3 Å². The van der Waals surface area contributed by atoms with Crippen LogP contribution in [0.1, 0.15) is 30.5 Å². The van der Waals surface area contributed by atoms with Gasteiger partial charge in [-0.1, -0.05) is 24.3 Å². The van der Waals surface area contributed by atoms with Gasteiger partial charge in [0, 0.05) is 18.0 Å². The molecule has 22 heavy (non-hydrogen) atoms. The molecule has 2 aromatic rings. The van der Waals surface area contributed by atoms with Crippen molar-refractivity contribution in [2.75, 3.05) is 13.1 Å². The number of nitrogens with one attached hydrogen (secondary N) is 1. The van der Waals surface area contributed by atoms with Crippen LogP contribution in [0.15, 0.2) is 36.7 Å². The molecule has 0 saturated carbocycles. The van der Waals surface area contributed by atoms with Gasteiger partial charge in [0.15, 0.2) is 0 Å². The maximum Gasteiger partial charge on any atom is 0.0917 e. The van der Waals surface area contributed by atoms with E-state index >= 15 is 0 Å². The molecule has 1 atom stereocenters. The minimum atomic E-state index is 0.0721. The van der Waals surface area contributed by atoms with Crippen molar-refractivity contribution < 1.29 is 5.11 Å². The highest BCUT2D eigenvalue weighted by atomic mass is 16.3. The van der Waals surface area contributed by atoms with Crippen LogP contribution >= 0.6 is 0 Å². The van der Waals surface area contributed by atoms with Crippen LogP contribution in [0.2, 0.25) is 0 Å². The lowest BCUT2D eigenvalue weighted by atomic mass is 9.93. The highest BCUT2D eigenvalue weighted by Crippen LogP contribution is 2.25. The Morgan fingerprint density at radius 3 is 2.68 bits per heavy atom. The predicted molar refractivity (Wildman–Crippen MR) is 87.3 cm³/mol. The highest BCUT2D eigenvalue weighted by molar-refractivity contribution is 5.61. The van der Waals surface area contributed by atoms with Crippen molar-refractivity contribution in [3.05, 3.63) is 47.9 Å². The van der Waals surface area contributed by atoms with Gasteiger partial charge in [-0.05, 0) is 50.3 Å². The molecule has 1 unspecified atom stereocenters. The summed E-state index contributed by atoms with van der Waals surface area (Å²) in [5, 5.41) is 12.6. The SMILES string of the molecule is OCc1ccc(-c2nccnc2CC2CCCNCC2)cc1. The number of rotatable bonds is 4. The molecule has 1 saturated heterocycles. The van der Waals surface area contributed by atoms with E-state index in [1.165, 1.54) is 19.3 Å². The first-order chi connectivity index (χ1) is 10.9. The van der Waals surface area contributed by atoms with E-state index in [0.717, 1.165) is 42.0 Å². The van der Waals surface area contributed by atoms with Gasteiger partial charge in [-0.15, -0.1) is 0 Å². The number of aliphatic hydroxyl groups is 1. The predicted octanol–water partition coefficient (Wildman–Crippen LogP) is 2.57. The zero-order valence-corrected chi connectivity index (χ0v) is 12.8. The van der Waals surface area contributed by atoms with Crippen LogP contribution in [-0.2, 0) is 13.0 Å². The van der Waals surface area contributed by atoms with Crippen LogP contribution in [0.5, 0.6) is 0 Å². The second kappa shape index (κ2) is 7.47. The van der Waals surface area contributed by atoms with E-state index in [4.69, 9.17) is 5.11 Å². The molecule has 1 aliphatic heterocycles. The Morgan fingerprint density at radius 2 is 1.86 bits per heavy atom. The van der Waals surface area contributed by atoms with E-state index in [1.807, 2.05) is 24.3 Å². The lowest BCUT2D eigenvalue weighted by Gasteiger charge is -2.15. The number of hydrogen-bond acceptors (Lipinski definition) is 4. The van der Waals surface area contributed by atoms with Gasteiger partial charge in [-0.3, -0.25) is 9.97 Å². The first-order valence-corrected chi connectivity index (χ1v) is 8.07. The van der Waals surface area contributed by atoms with Crippen LogP contribution in [0.4, 0.5) is 0 Å². The topological polar surface area (TPSA) is 58.0 Å². The van der Waals surface area contributed by atoms with Gasteiger partial charge in [0.05, 0.1) is 18.0 Å². The minimum absolute atomic E-state index is 0.0721. The van der Waals surface area contributed by atoms with Crippen LogP contribution in [0.3, 0.4) is 0 Å². The van der Waals surface area contributed by atoms with E-state index in [1.54, 1.807) is 12.4 Å². The van der Waals surface area contributed by atoms with Crippen molar-refractivity contribution in [3.63, 3.8) is 0 Å². The van der Waals surface area contributed by atoms with Crippen LogP contribution in [-0.4, -0.2) is 28.2 Å². The first kappa shape index (κ1) is 15.1. The summed E-state index contributed by atoms with van der Waals surface area (Å²) in [5.41, 5.74) is 4.06. The van der Waals surface area contributed by atoms with E-state index in [2.05, 4.69) is 15.3 Å². The fraction of sp³-hybridized carbons (Fsp3) is 0.444. The number of aromatic nitrogens is 2. The van der Waals surface area contributed by atoms with Gasteiger partial charge in [-0.2, -0.15) is 0 Å². The molecule has 0 radical (unpaired) electrons. The maximum absolute atomic E-state index is 9.16. The summed E-state index contributed by atoms with van der Waals surface area (Å²) in [6.45, 7) is 2.31. The van der Waals surface area contributed by atoms with Crippen LogP contribution < -0.4 is 5.32 Å². The molecule has 0 spiro atoms. The smallest absolute Gasteiger partial charge is 0.0917 e. The molecule has 2 N–H and O–H groups in total. The molecule has 4 heteroatoms. The number of nitrogens with zero attached hydrogens (tertiary/aromatic N) is 2. The van der Waals surface area contributed by atoms with E-state index in [9.17, 15) is 0 Å². The Kier molecular flexibility index (Phi) is 5.14. The fourth-order valence-corrected chi connectivity index (χ4v) is 3.09. The third-order valence-corrected chi connectivity index (χ3v) is 4.36. The van der Waals surface area contributed by atoms with Gasteiger partial charge in [-0.25, -0.2) is 0 Å². The molecule has 1 aliphatic rings. The monoisotopic (exact) mass is 297 g/mol. The average molecular weight is 297 g/mol. The lowest BCUT2D eigenvalue weighted by Crippen LogP contribution is -2.15. The third-order valence-electron chi connectivity index (χ3n) is 4.36. The van der Waals surface area contributed by atoms with Gasteiger partial charge in [0.25, 0.3) is 0 Å². The van der Waals surface area contributed by atoms with Gasteiger partial charge < -0.3 is 10.4 Å². The summed E-state index contributed by atoms with van der Waals surface area (Å²) in [5.74, 6) is 0.683. The molecule has 1 aromatic carbocycles. The van der Waals surface area contributed by atoms with E-state index in [-0.39, 0.29) is 6.61 Å². The summed E-state index contributed by atoms with van der Waals surface area (Å²) < 4.78 is 0. The number of hydrogen-bond donors (Lipinski definition) is 2. The average Bonchev–Trinajstić information content (AvgIpc) is 2.84. The van der Waals surface area contributed by atoms with Crippen molar-refractivity contribution in [1.82, 2.24) is 15.3 Å². The molecular weight excluding hydrogens is 274 g/mol. The Morgan fingerprint density at radius 1 is 1.05 bits per heavy atom. The Hall–Kier alpha value is -1.78. The summed E-state index contributed by atoms with van der Waals surface area (Å²) in [6.07, 6.45) is 8.24. The zero-order valence-electron chi connectivity index (χ0n) is 12.8. The Bertz CT molecular complexity index is 590. The fourth-order valence-electron chi connectivity index (χ4n) is 3.09. The quantitative estimate of drug-likeness (QED) is 0.910. The molecule has 116 valence electrons. The Balaban J connectivity index is 1.82. The van der Waals surface area contributed by atoms with Crippen molar-refractivity contribution in [1.29, 1.82) is 0 Å². The van der Waals surface area contributed by atoms with Crippen molar-refractivity contribution in [2.24, 2.45) is 5.92 Å². The molecule has 1 aromatic heterocycles. The second-order valence-electron chi connectivity index (χ2n) is 5.96. The van der Waals surface area contributed by atoms with Gasteiger partial charge in [0.1, 0.15) is 0 Å². The molecule has 0 amide bonds. The second-order valence-corrected chi connectivity index (χ2v) is 5.96. The lowest BCUT2D eigenvalue weighted by molar-refractivity contribution is 0.282. The maximum atomic E-state index is 9.16. The first-order valence-electron chi connectivity index (χ1n) is 8.07. The summed E-state index contributed by atoms with van der Waals surface area (Å²) in [7, 11) is 0. The van der Waals surface area contributed by atoms with Crippen LogP contribution in [0.25, 0.3) is 11.3 Å². The molecule has 3 rings (SSSR count). The summed E-state index contributed by atoms with van der Waals surface area (Å²) in [4.78, 5) is 9.14. The van der Waals surface area contributed by atoms with Gasteiger partial charge >= 0.3 is 0 Å². The normalized spacial score (nSPS) is 18.9. The molecule has 1 fully saturated rings. The number of aliphatic hydroxyl groups excluding tert-OH is 1. The van der Waals surface area contributed by atoms with E-state index in [0.29, 0.717) is 5.92 Å². The molecule has 4 nitrogen and oxygen atoms in total. The minimum Gasteiger partial charge on any atom is -0.392 e. The highest BCUT2D eigenvalue weighted by Gasteiger charge is 2.16. The summed E-state index contributed by atoms with van der Waals surface area (Å²) >= 11 is 0. The van der Waals surface area contributed by atoms with E-state index < -0.39 is 0 Å². The molecule has 0 aliphatic carbocycles. The molecule has 2 heterocycles. The van der Waals surface area contributed by atoms with Crippen molar-refractivity contribution in [2.45, 2.75) is 32.3 Å². The van der Waals surface area contributed by atoms with Gasteiger partial charge in [0.2, 0.25) is 0 Å². The number of benzene rings is 1. The molecular formula is C18H23N3O. The van der Waals surface area contributed by atoms with Crippen LogP contribution in [0, 0.1) is 5.92 Å². The standard InChI is InChI=1S/C18H23N3O/c22-13-15-3-5-16(6-4-15)18-17(20-10-11-21-18)12-14-2-1-8-19-9-7-14/h3-6,10-11,14,19,22H,1-2,7-9,12-13H2.